The molecule has 0 saturated carbocycles. The van der Waals surface area contributed by atoms with Crippen molar-refractivity contribution in [3.05, 3.63) is 6.07 Å². The quantitative estimate of drug-likeness (QED) is 0.680. The van der Waals surface area contributed by atoms with Crippen molar-refractivity contribution < 1.29 is 9.47 Å². The topological polar surface area (TPSA) is 96.3 Å². The van der Waals surface area contributed by atoms with Crippen LogP contribution in [-0.2, 0) is 4.74 Å². The Labute approximate surface area is 81.2 Å². The van der Waals surface area contributed by atoms with Crippen molar-refractivity contribution >= 4 is 11.8 Å². The van der Waals surface area contributed by atoms with Gasteiger partial charge in [-0.15, -0.1) is 0 Å². The molecule has 76 valence electrons. The molecule has 1 aromatic heterocycles. The molecule has 1 aliphatic heterocycles. The Morgan fingerprint density at radius 3 is 2.93 bits per heavy atom. The maximum atomic E-state index is 5.50. The van der Waals surface area contributed by atoms with E-state index in [9.17, 15) is 0 Å². The zero-order chi connectivity index (χ0) is 9.97. The van der Waals surface area contributed by atoms with E-state index >= 15 is 0 Å². The Bertz CT molecular complexity index is 305. The van der Waals surface area contributed by atoms with Crippen molar-refractivity contribution in [1.82, 2.24) is 9.97 Å². The minimum atomic E-state index is 0.0451. The maximum absolute atomic E-state index is 5.50. The molecule has 1 aromatic rings. The Balaban J connectivity index is 2.07. The zero-order valence-corrected chi connectivity index (χ0v) is 7.64. The first-order valence-electron chi connectivity index (χ1n) is 4.38. The van der Waals surface area contributed by atoms with Gasteiger partial charge in [-0.25, -0.2) is 0 Å². The van der Waals surface area contributed by atoms with Crippen molar-refractivity contribution in [2.45, 2.75) is 12.5 Å². The van der Waals surface area contributed by atoms with Crippen LogP contribution in [-0.4, -0.2) is 29.3 Å². The molecule has 0 radical (unpaired) electrons. The van der Waals surface area contributed by atoms with E-state index in [1.54, 1.807) is 6.07 Å². The molecule has 1 aliphatic rings. The average Bonchev–Trinajstić information content (AvgIpc) is 2.54. The van der Waals surface area contributed by atoms with Gasteiger partial charge >= 0.3 is 0 Å². The first-order chi connectivity index (χ1) is 6.74. The van der Waals surface area contributed by atoms with Gasteiger partial charge in [-0.05, 0) is 0 Å². The Morgan fingerprint density at radius 2 is 2.29 bits per heavy atom. The van der Waals surface area contributed by atoms with Gasteiger partial charge in [-0.2, -0.15) is 9.97 Å². The van der Waals surface area contributed by atoms with E-state index < -0.39 is 0 Å². The normalized spacial score (nSPS) is 21.0. The highest BCUT2D eigenvalue weighted by molar-refractivity contribution is 5.38. The number of hydrogen-bond donors (Lipinski definition) is 2. The Hall–Kier alpha value is -1.56. The molecule has 4 N–H and O–H groups in total. The van der Waals surface area contributed by atoms with Crippen LogP contribution in [0.1, 0.15) is 6.42 Å². The molecular formula is C8H12N4O2. The summed E-state index contributed by atoms with van der Waals surface area (Å²) in [5.41, 5.74) is 10.9. The van der Waals surface area contributed by atoms with E-state index in [1.807, 2.05) is 0 Å². The van der Waals surface area contributed by atoms with Crippen molar-refractivity contribution in [3.63, 3.8) is 0 Å². The molecule has 2 rings (SSSR count). The molecule has 1 unspecified atom stereocenters. The summed E-state index contributed by atoms with van der Waals surface area (Å²) in [6.45, 7) is 1.31. The smallest absolute Gasteiger partial charge is 0.225 e. The molecule has 1 fully saturated rings. The molecule has 0 amide bonds. The number of anilines is 2. The number of hydrogen-bond acceptors (Lipinski definition) is 6. The second kappa shape index (κ2) is 3.67. The predicted molar refractivity (Wildman–Crippen MR) is 50.7 cm³/mol. The summed E-state index contributed by atoms with van der Waals surface area (Å²) in [6, 6.07) is 1.55. The van der Waals surface area contributed by atoms with Crippen molar-refractivity contribution in [1.29, 1.82) is 0 Å². The van der Waals surface area contributed by atoms with Crippen LogP contribution in [0.15, 0.2) is 6.07 Å². The van der Waals surface area contributed by atoms with Crippen molar-refractivity contribution in [2.75, 3.05) is 24.7 Å². The second-order valence-corrected chi connectivity index (χ2v) is 3.09. The van der Waals surface area contributed by atoms with Gasteiger partial charge in [0.05, 0.1) is 13.2 Å². The third kappa shape index (κ3) is 2.02. The van der Waals surface area contributed by atoms with Crippen LogP contribution in [0.2, 0.25) is 0 Å². The van der Waals surface area contributed by atoms with E-state index in [0.717, 1.165) is 13.0 Å². The van der Waals surface area contributed by atoms with E-state index in [2.05, 4.69) is 9.97 Å². The lowest BCUT2D eigenvalue weighted by Gasteiger charge is -2.10. The molecule has 2 heterocycles. The van der Waals surface area contributed by atoms with Gasteiger partial charge < -0.3 is 20.9 Å². The third-order valence-corrected chi connectivity index (χ3v) is 1.92. The minimum absolute atomic E-state index is 0.0451. The van der Waals surface area contributed by atoms with Crippen LogP contribution in [0.3, 0.4) is 0 Å². The van der Waals surface area contributed by atoms with Crippen molar-refractivity contribution in [2.24, 2.45) is 0 Å². The largest absolute Gasteiger partial charge is 0.472 e. The van der Waals surface area contributed by atoms with Gasteiger partial charge in [0.15, 0.2) is 0 Å². The molecule has 1 atom stereocenters. The zero-order valence-electron chi connectivity index (χ0n) is 7.64. The summed E-state index contributed by atoms with van der Waals surface area (Å²) >= 11 is 0. The number of ether oxygens (including phenoxy) is 2. The average molecular weight is 196 g/mol. The highest BCUT2D eigenvalue weighted by Crippen LogP contribution is 2.16. The Kier molecular flexibility index (Phi) is 2.36. The molecule has 14 heavy (non-hydrogen) atoms. The van der Waals surface area contributed by atoms with Gasteiger partial charge in [0, 0.05) is 12.5 Å². The lowest BCUT2D eigenvalue weighted by molar-refractivity contribution is 0.138. The SMILES string of the molecule is Nc1cc(OC2CCOC2)nc(N)n1. The van der Waals surface area contributed by atoms with Crippen LogP contribution in [0.4, 0.5) is 11.8 Å². The van der Waals surface area contributed by atoms with Gasteiger partial charge in [-0.3, -0.25) is 0 Å². The fourth-order valence-corrected chi connectivity index (χ4v) is 1.30. The molecule has 0 spiro atoms. The maximum Gasteiger partial charge on any atom is 0.225 e. The lowest BCUT2D eigenvalue weighted by atomic mass is 10.3. The number of nitrogen functional groups attached to an aromatic ring is 2. The van der Waals surface area contributed by atoms with E-state index in [-0.39, 0.29) is 12.1 Å². The molecule has 0 bridgehead atoms. The van der Waals surface area contributed by atoms with E-state index in [1.165, 1.54) is 0 Å². The Morgan fingerprint density at radius 1 is 1.43 bits per heavy atom. The second-order valence-electron chi connectivity index (χ2n) is 3.09. The van der Waals surface area contributed by atoms with Gasteiger partial charge in [0.2, 0.25) is 11.8 Å². The summed E-state index contributed by atoms with van der Waals surface area (Å²) in [7, 11) is 0. The number of nitrogens with zero attached hydrogens (tertiary/aromatic N) is 2. The van der Waals surface area contributed by atoms with Crippen LogP contribution in [0.25, 0.3) is 0 Å². The molecule has 0 aliphatic carbocycles. The molecular weight excluding hydrogens is 184 g/mol. The lowest BCUT2D eigenvalue weighted by Crippen LogP contribution is -2.17. The molecule has 0 aromatic carbocycles. The van der Waals surface area contributed by atoms with E-state index in [4.69, 9.17) is 20.9 Å². The molecule has 6 heteroatoms. The first kappa shape index (κ1) is 9.01. The van der Waals surface area contributed by atoms with Crippen LogP contribution >= 0.6 is 0 Å². The fraction of sp³-hybridized carbons (Fsp3) is 0.500. The highest BCUT2D eigenvalue weighted by Gasteiger charge is 2.18. The number of aromatic nitrogens is 2. The third-order valence-electron chi connectivity index (χ3n) is 1.92. The fourth-order valence-electron chi connectivity index (χ4n) is 1.30. The van der Waals surface area contributed by atoms with Gasteiger partial charge in [0.1, 0.15) is 11.9 Å². The molecule has 6 nitrogen and oxygen atoms in total. The summed E-state index contributed by atoms with van der Waals surface area (Å²) in [5.74, 6) is 0.843. The summed E-state index contributed by atoms with van der Waals surface area (Å²) < 4.78 is 10.7. The number of rotatable bonds is 2. The standard InChI is InChI=1S/C8H12N4O2/c9-6-3-7(12-8(10)11-6)14-5-1-2-13-4-5/h3,5H,1-2,4H2,(H4,9,10,11,12). The van der Waals surface area contributed by atoms with Crippen LogP contribution in [0, 0.1) is 0 Å². The summed E-state index contributed by atoms with van der Waals surface area (Å²) in [6.07, 6.45) is 0.910. The summed E-state index contributed by atoms with van der Waals surface area (Å²) in [5, 5.41) is 0. The first-order valence-corrected chi connectivity index (χ1v) is 4.38. The molecule has 1 saturated heterocycles. The van der Waals surface area contributed by atoms with Gasteiger partial charge in [-0.1, -0.05) is 0 Å². The van der Waals surface area contributed by atoms with Crippen LogP contribution in [0.5, 0.6) is 5.88 Å². The minimum Gasteiger partial charge on any atom is -0.472 e. The van der Waals surface area contributed by atoms with Crippen molar-refractivity contribution in [3.8, 4) is 5.88 Å². The highest BCUT2D eigenvalue weighted by atomic mass is 16.5. The number of nitrogens with two attached hydrogens (primary N) is 2. The van der Waals surface area contributed by atoms with Crippen LogP contribution < -0.4 is 16.2 Å². The monoisotopic (exact) mass is 196 g/mol. The summed E-state index contributed by atoms with van der Waals surface area (Å²) in [4.78, 5) is 7.65. The predicted octanol–water partition coefficient (Wildman–Crippen LogP) is -0.191. The van der Waals surface area contributed by atoms with Gasteiger partial charge in [0.25, 0.3) is 0 Å². The van der Waals surface area contributed by atoms with E-state index in [0.29, 0.717) is 18.3 Å².